The molecular weight excluding hydrogens is 346 g/mol. The normalized spacial score (nSPS) is 13.7. The van der Waals surface area contributed by atoms with Crippen LogP contribution in [0.4, 0.5) is 26.3 Å². The van der Waals surface area contributed by atoms with Crippen LogP contribution in [0.5, 0.6) is 0 Å². The van der Waals surface area contributed by atoms with Gasteiger partial charge in [0.2, 0.25) is 0 Å². The molecule has 25 heavy (non-hydrogen) atoms. The van der Waals surface area contributed by atoms with E-state index in [1.54, 1.807) is 13.8 Å². The van der Waals surface area contributed by atoms with E-state index in [1.807, 2.05) is 0 Å². The molecule has 0 saturated heterocycles. The van der Waals surface area contributed by atoms with Crippen LogP contribution in [0.2, 0.25) is 0 Å². The van der Waals surface area contributed by atoms with Crippen LogP contribution in [0.25, 0.3) is 0 Å². The van der Waals surface area contributed by atoms with Crippen LogP contribution in [0.15, 0.2) is 36.4 Å². The SMILES string of the molecule is CC(N)c1ccc(C(F)(F)F)c(F)c1.CC(N)c1ccc(F)cc1F. The van der Waals surface area contributed by atoms with Gasteiger partial charge >= 0.3 is 6.18 Å². The maximum Gasteiger partial charge on any atom is 0.419 e. The van der Waals surface area contributed by atoms with E-state index in [4.69, 9.17) is 11.5 Å². The van der Waals surface area contributed by atoms with Crippen molar-refractivity contribution in [3.63, 3.8) is 0 Å². The highest BCUT2D eigenvalue weighted by Crippen LogP contribution is 2.32. The molecule has 2 atom stereocenters. The van der Waals surface area contributed by atoms with E-state index in [1.165, 1.54) is 18.2 Å². The largest absolute Gasteiger partial charge is 0.419 e. The second kappa shape index (κ2) is 8.35. The van der Waals surface area contributed by atoms with Crippen molar-refractivity contribution in [1.82, 2.24) is 0 Å². The molecule has 8 heteroatoms. The average molecular weight is 364 g/mol. The van der Waals surface area contributed by atoms with Crippen LogP contribution in [0.1, 0.15) is 42.6 Å². The molecule has 0 radical (unpaired) electrons. The van der Waals surface area contributed by atoms with Crippen molar-refractivity contribution in [3.8, 4) is 0 Å². The summed E-state index contributed by atoms with van der Waals surface area (Å²) in [6.07, 6.45) is -4.65. The van der Waals surface area contributed by atoms with Crippen molar-refractivity contribution in [3.05, 3.63) is 70.5 Å². The van der Waals surface area contributed by atoms with Crippen LogP contribution >= 0.6 is 0 Å². The summed E-state index contributed by atoms with van der Waals surface area (Å²) >= 11 is 0. The maximum absolute atomic E-state index is 12.9. The smallest absolute Gasteiger partial charge is 0.324 e. The van der Waals surface area contributed by atoms with Gasteiger partial charge in [0, 0.05) is 23.7 Å². The monoisotopic (exact) mass is 364 g/mol. The number of hydrogen-bond acceptors (Lipinski definition) is 2. The van der Waals surface area contributed by atoms with Crippen molar-refractivity contribution < 1.29 is 26.3 Å². The molecule has 2 nitrogen and oxygen atoms in total. The highest BCUT2D eigenvalue weighted by Gasteiger charge is 2.33. The van der Waals surface area contributed by atoms with Gasteiger partial charge in [0.1, 0.15) is 17.5 Å². The maximum atomic E-state index is 12.9. The molecular formula is C17H18F6N2. The lowest BCUT2D eigenvalue weighted by atomic mass is 10.1. The Bertz CT molecular complexity index is 711. The lowest BCUT2D eigenvalue weighted by Gasteiger charge is -2.10. The minimum Gasteiger partial charge on any atom is -0.324 e. The lowest BCUT2D eigenvalue weighted by molar-refractivity contribution is -0.140. The zero-order valence-corrected chi connectivity index (χ0v) is 13.5. The van der Waals surface area contributed by atoms with Gasteiger partial charge in [-0.05, 0) is 37.6 Å². The Morgan fingerprint density at radius 2 is 1.40 bits per heavy atom. The zero-order valence-electron chi connectivity index (χ0n) is 13.5. The fourth-order valence-electron chi connectivity index (χ4n) is 1.92. The predicted molar refractivity (Wildman–Crippen MR) is 83.0 cm³/mol. The molecule has 0 spiro atoms. The molecule has 2 aromatic rings. The van der Waals surface area contributed by atoms with E-state index >= 15 is 0 Å². The third-order valence-electron chi connectivity index (χ3n) is 3.28. The van der Waals surface area contributed by atoms with Crippen molar-refractivity contribution >= 4 is 0 Å². The first-order chi connectivity index (χ1) is 11.4. The highest BCUT2D eigenvalue weighted by molar-refractivity contribution is 5.28. The Balaban J connectivity index is 0.000000257. The molecule has 0 bridgehead atoms. The van der Waals surface area contributed by atoms with Crippen molar-refractivity contribution in [2.45, 2.75) is 32.1 Å². The van der Waals surface area contributed by atoms with Crippen LogP contribution < -0.4 is 11.5 Å². The number of rotatable bonds is 2. The Labute approximate surface area is 141 Å². The average Bonchev–Trinajstić information content (AvgIpc) is 2.45. The van der Waals surface area contributed by atoms with Crippen molar-refractivity contribution in [2.75, 3.05) is 0 Å². The fraction of sp³-hybridized carbons (Fsp3) is 0.294. The Kier molecular flexibility index (Phi) is 7.01. The molecule has 0 aliphatic rings. The van der Waals surface area contributed by atoms with Gasteiger partial charge < -0.3 is 11.5 Å². The molecule has 0 heterocycles. The molecule has 0 saturated carbocycles. The molecule has 138 valence electrons. The van der Waals surface area contributed by atoms with E-state index in [-0.39, 0.29) is 0 Å². The first-order valence-electron chi connectivity index (χ1n) is 7.26. The molecule has 0 aromatic heterocycles. The molecule has 4 N–H and O–H groups in total. The molecule has 0 amide bonds. The van der Waals surface area contributed by atoms with Gasteiger partial charge in [-0.2, -0.15) is 13.2 Å². The second-order valence-corrected chi connectivity index (χ2v) is 5.48. The number of benzene rings is 2. The van der Waals surface area contributed by atoms with Crippen LogP contribution in [-0.2, 0) is 6.18 Å². The summed E-state index contributed by atoms with van der Waals surface area (Å²) in [5.41, 5.74) is 10.2. The van der Waals surface area contributed by atoms with Gasteiger partial charge in [-0.25, -0.2) is 13.2 Å². The summed E-state index contributed by atoms with van der Waals surface area (Å²) in [6.45, 7) is 3.22. The summed E-state index contributed by atoms with van der Waals surface area (Å²) in [5.74, 6) is -2.45. The third kappa shape index (κ3) is 6.06. The molecule has 0 aliphatic carbocycles. The van der Waals surface area contributed by atoms with Crippen molar-refractivity contribution in [2.24, 2.45) is 11.5 Å². The van der Waals surface area contributed by atoms with E-state index in [2.05, 4.69) is 0 Å². The number of alkyl halides is 3. The topological polar surface area (TPSA) is 52.0 Å². The number of hydrogen-bond donors (Lipinski definition) is 2. The Hall–Kier alpha value is -2.06. The van der Waals surface area contributed by atoms with Crippen LogP contribution in [0, 0.1) is 17.5 Å². The van der Waals surface area contributed by atoms with Gasteiger partial charge in [-0.15, -0.1) is 0 Å². The van der Waals surface area contributed by atoms with E-state index in [0.717, 1.165) is 12.1 Å². The quantitative estimate of drug-likeness (QED) is 0.749. The molecule has 2 aromatic carbocycles. The van der Waals surface area contributed by atoms with Gasteiger partial charge in [0.25, 0.3) is 0 Å². The summed E-state index contributed by atoms with van der Waals surface area (Å²) in [5, 5.41) is 0. The van der Waals surface area contributed by atoms with E-state index < -0.39 is 41.3 Å². The van der Waals surface area contributed by atoms with Gasteiger partial charge in [-0.1, -0.05) is 12.1 Å². The van der Waals surface area contributed by atoms with Gasteiger partial charge in [0.15, 0.2) is 0 Å². The highest BCUT2D eigenvalue weighted by atomic mass is 19.4. The van der Waals surface area contributed by atoms with E-state index in [0.29, 0.717) is 17.2 Å². The minimum atomic E-state index is -4.65. The first-order valence-corrected chi connectivity index (χ1v) is 7.26. The Morgan fingerprint density at radius 1 is 0.800 bits per heavy atom. The van der Waals surface area contributed by atoms with Gasteiger partial charge in [0.05, 0.1) is 5.56 Å². The van der Waals surface area contributed by atoms with E-state index in [9.17, 15) is 26.3 Å². The van der Waals surface area contributed by atoms with Crippen LogP contribution in [0.3, 0.4) is 0 Å². The summed E-state index contributed by atoms with van der Waals surface area (Å²) in [6, 6.07) is 5.20. The summed E-state index contributed by atoms with van der Waals surface area (Å²) in [7, 11) is 0. The molecule has 0 aliphatic heterocycles. The molecule has 2 rings (SSSR count). The van der Waals surface area contributed by atoms with Crippen molar-refractivity contribution in [1.29, 1.82) is 0 Å². The minimum absolute atomic E-state index is 0.339. The standard InChI is InChI=1S/C9H9F4N.C8H9F2N/c1-5(14)6-2-3-7(8(10)4-6)9(11,12)13;1-5(11)7-3-2-6(9)4-8(7)10/h2-5H,14H2,1H3;2-5H,11H2,1H3. The molecule has 2 unspecified atom stereocenters. The fourth-order valence-corrected chi connectivity index (χ4v) is 1.92. The third-order valence-corrected chi connectivity index (χ3v) is 3.28. The zero-order chi connectivity index (χ0) is 19.4. The molecule has 0 fully saturated rings. The van der Waals surface area contributed by atoms with Crippen LogP contribution in [-0.4, -0.2) is 0 Å². The number of halogens is 6. The Morgan fingerprint density at radius 3 is 1.80 bits per heavy atom. The first kappa shape index (κ1) is 21.0. The lowest BCUT2D eigenvalue weighted by Crippen LogP contribution is -2.11. The summed E-state index contributed by atoms with van der Waals surface area (Å²) in [4.78, 5) is 0. The predicted octanol–water partition coefficient (Wildman–Crippen LogP) is 4.85. The second-order valence-electron chi connectivity index (χ2n) is 5.48. The van der Waals surface area contributed by atoms with Gasteiger partial charge in [-0.3, -0.25) is 0 Å². The summed E-state index contributed by atoms with van der Waals surface area (Å²) < 4.78 is 74.4. The number of nitrogens with two attached hydrogens (primary N) is 2.